The summed E-state index contributed by atoms with van der Waals surface area (Å²) in [5.41, 5.74) is 0.384. The van der Waals surface area contributed by atoms with E-state index in [1.165, 1.54) is 6.20 Å². The van der Waals surface area contributed by atoms with Crippen LogP contribution in [0.4, 0.5) is 0 Å². The van der Waals surface area contributed by atoms with Crippen LogP contribution in [0.2, 0.25) is 0 Å². The van der Waals surface area contributed by atoms with Crippen molar-refractivity contribution in [2.45, 2.75) is 25.9 Å². The summed E-state index contributed by atoms with van der Waals surface area (Å²) in [7, 11) is 0. The maximum atomic E-state index is 11.9. The van der Waals surface area contributed by atoms with Crippen LogP contribution in [0.3, 0.4) is 0 Å². The van der Waals surface area contributed by atoms with E-state index in [1.807, 2.05) is 6.92 Å². The lowest BCUT2D eigenvalue weighted by Gasteiger charge is -2.31. The first-order valence-electron chi connectivity index (χ1n) is 5.58. The van der Waals surface area contributed by atoms with Gasteiger partial charge < -0.3 is 9.64 Å². The van der Waals surface area contributed by atoms with Crippen LogP contribution in [0.15, 0.2) is 6.20 Å². The smallest absolute Gasteiger partial charge is 0.276 e. The standard InChI is InChI=1S/C10H16N4O2/c1-2-16-8-3-5-14(6-4-8)10(15)9-7-11-13-12-9/h7-8H,2-6H2,1H3,(H,11,12,13). The summed E-state index contributed by atoms with van der Waals surface area (Å²) < 4.78 is 5.53. The molecule has 1 saturated heterocycles. The molecule has 16 heavy (non-hydrogen) atoms. The fourth-order valence-electron chi connectivity index (χ4n) is 1.93. The molecule has 6 nitrogen and oxygen atoms in total. The molecule has 1 aliphatic heterocycles. The second-order valence-electron chi connectivity index (χ2n) is 3.80. The maximum absolute atomic E-state index is 11.9. The van der Waals surface area contributed by atoms with E-state index in [0.29, 0.717) is 11.8 Å². The number of H-pyrrole nitrogens is 1. The van der Waals surface area contributed by atoms with Gasteiger partial charge in [0.05, 0.1) is 12.3 Å². The van der Waals surface area contributed by atoms with E-state index >= 15 is 0 Å². The van der Waals surface area contributed by atoms with Gasteiger partial charge in [0.15, 0.2) is 5.69 Å². The zero-order valence-corrected chi connectivity index (χ0v) is 9.35. The van der Waals surface area contributed by atoms with Crippen molar-refractivity contribution < 1.29 is 9.53 Å². The second kappa shape index (κ2) is 5.07. The van der Waals surface area contributed by atoms with Gasteiger partial charge in [-0.3, -0.25) is 4.79 Å². The zero-order valence-electron chi connectivity index (χ0n) is 9.35. The molecule has 88 valence electrons. The van der Waals surface area contributed by atoms with E-state index in [4.69, 9.17) is 4.74 Å². The van der Waals surface area contributed by atoms with Crippen molar-refractivity contribution in [2.24, 2.45) is 0 Å². The Morgan fingerprint density at radius 3 is 2.94 bits per heavy atom. The van der Waals surface area contributed by atoms with Crippen molar-refractivity contribution in [3.05, 3.63) is 11.9 Å². The highest BCUT2D eigenvalue weighted by molar-refractivity contribution is 5.91. The highest BCUT2D eigenvalue weighted by atomic mass is 16.5. The van der Waals surface area contributed by atoms with Gasteiger partial charge in [0.1, 0.15) is 0 Å². The predicted octanol–water partition coefficient (Wildman–Crippen LogP) is 0.446. The molecule has 6 heteroatoms. The minimum absolute atomic E-state index is 0.0521. The first-order chi connectivity index (χ1) is 7.81. The van der Waals surface area contributed by atoms with E-state index in [0.717, 1.165) is 32.5 Å². The van der Waals surface area contributed by atoms with Crippen molar-refractivity contribution in [1.29, 1.82) is 0 Å². The Morgan fingerprint density at radius 1 is 1.62 bits per heavy atom. The number of hydrogen-bond acceptors (Lipinski definition) is 4. The molecule has 0 spiro atoms. The number of likely N-dealkylation sites (tertiary alicyclic amines) is 1. The molecule has 0 unspecified atom stereocenters. The number of carbonyl (C=O) groups is 1. The monoisotopic (exact) mass is 224 g/mol. The van der Waals surface area contributed by atoms with Crippen LogP contribution in [-0.4, -0.2) is 52.0 Å². The van der Waals surface area contributed by atoms with Gasteiger partial charge >= 0.3 is 0 Å². The average molecular weight is 224 g/mol. The number of hydrogen-bond donors (Lipinski definition) is 1. The topological polar surface area (TPSA) is 71.1 Å². The first-order valence-corrected chi connectivity index (χ1v) is 5.58. The van der Waals surface area contributed by atoms with Gasteiger partial charge in [-0.15, -0.1) is 0 Å². The minimum atomic E-state index is -0.0521. The van der Waals surface area contributed by atoms with Gasteiger partial charge in [0.2, 0.25) is 0 Å². The molecule has 0 saturated carbocycles. The second-order valence-corrected chi connectivity index (χ2v) is 3.80. The molecule has 1 fully saturated rings. The molecule has 0 radical (unpaired) electrons. The maximum Gasteiger partial charge on any atom is 0.276 e. The SMILES string of the molecule is CCOC1CCN(C(=O)c2cn[nH]n2)CC1. The Kier molecular flexibility index (Phi) is 3.51. The molecule has 0 aliphatic carbocycles. The number of ether oxygens (including phenoxy) is 1. The lowest BCUT2D eigenvalue weighted by molar-refractivity contribution is 0.0144. The minimum Gasteiger partial charge on any atom is -0.378 e. The fraction of sp³-hybridized carbons (Fsp3) is 0.700. The lowest BCUT2D eigenvalue weighted by Crippen LogP contribution is -2.41. The van der Waals surface area contributed by atoms with Gasteiger partial charge in [0.25, 0.3) is 5.91 Å². The number of nitrogens with zero attached hydrogens (tertiary/aromatic N) is 3. The number of aromatic nitrogens is 3. The first kappa shape index (κ1) is 11.1. The van der Waals surface area contributed by atoms with Gasteiger partial charge in [-0.2, -0.15) is 15.4 Å². The zero-order chi connectivity index (χ0) is 11.4. The Labute approximate surface area is 94.0 Å². The molecule has 1 aliphatic rings. The summed E-state index contributed by atoms with van der Waals surface area (Å²) in [5.74, 6) is -0.0521. The Balaban J connectivity index is 1.87. The molecule has 0 bridgehead atoms. The molecular formula is C10H16N4O2. The molecule has 0 atom stereocenters. The largest absolute Gasteiger partial charge is 0.378 e. The van der Waals surface area contributed by atoms with E-state index in [1.54, 1.807) is 4.90 Å². The number of rotatable bonds is 3. The molecule has 1 amide bonds. The average Bonchev–Trinajstić information content (AvgIpc) is 2.83. The fourth-order valence-corrected chi connectivity index (χ4v) is 1.93. The van der Waals surface area contributed by atoms with Crippen molar-refractivity contribution >= 4 is 5.91 Å². The molecule has 1 N–H and O–H groups in total. The van der Waals surface area contributed by atoms with Crippen molar-refractivity contribution in [3.63, 3.8) is 0 Å². The third-order valence-corrected chi connectivity index (χ3v) is 2.77. The number of aromatic amines is 1. The van der Waals surface area contributed by atoms with Crippen LogP contribution in [0, 0.1) is 0 Å². The van der Waals surface area contributed by atoms with E-state index in [2.05, 4.69) is 15.4 Å². The van der Waals surface area contributed by atoms with Crippen LogP contribution < -0.4 is 0 Å². The Bertz CT molecular complexity index is 331. The number of amides is 1. The van der Waals surface area contributed by atoms with Crippen molar-refractivity contribution in [2.75, 3.05) is 19.7 Å². The Hall–Kier alpha value is -1.43. The van der Waals surface area contributed by atoms with Crippen LogP contribution in [0.5, 0.6) is 0 Å². The summed E-state index contributed by atoms with van der Waals surface area (Å²) in [4.78, 5) is 13.7. The number of carbonyl (C=O) groups excluding carboxylic acids is 1. The van der Waals surface area contributed by atoms with E-state index in [-0.39, 0.29) is 5.91 Å². The molecule has 2 heterocycles. The predicted molar refractivity (Wildman–Crippen MR) is 56.9 cm³/mol. The van der Waals surface area contributed by atoms with Gasteiger partial charge in [0, 0.05) is 19.7 Å². The summed E-state index contributed by atoms with van der Waals surface area (Å²) in [6.45, 7) is 4.20. The summed E-state index contributed by atoms with van der Waals surface area (Å²) in [6, 6.07) is 0. The molecule has 2 rings (SSSR count). The van der Waals surface area contributed by atoms with Crippen LogP contribution in [0.25, 0.3) is 0 Å². The van der Waals surface area contributed by atoms with Crippen LogP contribution in [-0.2, 0) is 4.74 Å². The summed E-state index contributed by atoms with van der Waals surface area (Å²) in [5, 5.41) is 9.87. The third kappa shape index (κ3) is 2.38. The quantitative estimate of drug-likeness (QED) is 0.809. The molecule has 0 aromatic carbocycles. The number of nitrogens with one attached hydrogen (secondary N) is 1. The molecule has 1 aromatic heterocycles. The van der Waals surface area contributed by atoms with E-state index in [9.17, 15) is 4.79 Å². The molecular weight excluding hydrogens is 208 g/mol. The van der Waals surface area contributed by atoms with Gasteiger partial charge in [-0.25, -0.2) is 0 Å². The molecule has 1 aromatic rings. The van der Waals surface area contributed by atoms with Crippen LogP contribution >= 0.6 is 0 Å². The van der Waals surface area contributed by atoms with Crippen molar-refractivity contribution in [3.8, 4) is 0 Å². The van der Waals surface area contributed by atoms with Crippen molar-refractivity contribution in [1.82, 2.24) is 20.3 Å². The number of piperidine rings is 1. The summed E-state index contributed by atoms with van der Waals surface area (Å²) >= 11 is 0. The van der Waals surface area contributed by atoms with E-state index < -0.39 is 0 Å². The summed E-state index contributed by atoms with van der Waals surface area (Å²) in [6.07, 6.45) is 3.55. The third-order valence-electron chi connectivity index (χ3n) is 2.77. The van der Waals surface area contributed by atoms with Gasteiger partial charge in [-0.05, 0) is 19.8 Å². The highest BCUT2D eigenvalue weighted by Gasteiger charge is 2.24. The Morgan fingerprint density at radius 2 is 2.38 bits per heavy atom. The van der Waals surface area contributed by atoms with Gasteiger partial charge in [-0.1, -0.05) is 0 Å². The van der Waals surface area contributed by atoms with Crippen LogP contribution in [0.1, 0.15) is 30.3 Å². The lowest BCUT2D eigenvalue weighted by atomic mass is 10.1. The highest BCUT2D eigenvalue weighted by Crippen LogP contribution is 2.15. The normalized spacial score (nSPS) is 17.7.